The van der Waals surface area contributed by atoms with Gasteiger partial charge in [-0.2, -0.15) is 11.8 Å². The van der Waals surface area contributed by atoms with Gasteiger partial charge in [-0.15, -0.1) is 0 Å². The molecule has 0 saturated carbocycles. The number of nitrogens with two attached hydrogens (primary N) is 2. The lowest BCUT2D eigenvalue weighted by atomic mass is 9.97. The summed E-state index contributed by atoms with van der Waals surface area (Å²) in [5.41, 5.74) is 12.2. The fourth-order valence-electron chi connectivity index (χ4n) is 2.03. The van der Waals surface area contributed by atoms with Crippen LogP contribution < -0.4 is 11.5 Å². The molecule has 0 amide bonds. The number of benzene rings is 1. The van der Waals surface area contributed by atoms with Crippen LogP contribution in [0.15, 0.2) is 30.8 Å². The highest BCUT2D eigenvalue weighted by molar-refractivity contribution is 7.99. The zero-order valence-electron chi connectivity index (χ0n) is 13.4. The lowest BCUT2D eigenvalue weighted by molar-refractivity contribution is -0.111. The van der Waals surface area contributed by atoms with E-state index >= 15 is 0 Å². The molecule has 0 aromatic heterocycles. The molecule has 0 heterocycles. The molecule has 0 bridgehead atoms. The molecule has 0 radical (unpaired) electrons. The summed E-state index contributed by atoms with van der Waals surface area (Å²) in [6.07, 6.45) is 2.88. The molecule has 0 fully saturated rings. The Balaban J connectivity index is 2.32. The zero-order chi connectivity index (χ0) is 17.3. The lowest BCUT2D eigenvalue weighted by Gasteiger charge is -2.24. The van der Waals surface area contributed by atoms with Crippen molar-refractivity contribution in [3.8, 4) is 0 Å². The van der Waals surface area contributed by atoms with Gasteiger partial charge >= 0.3 is 5.97 Å². The van der Waals surface area contributed by atoms with Crippen molar-refractivity contribution >= 4 is 30.1 Å². The van der Waals surface area contributed by atoms with Gasteiger partial charge in [0, 0.05) is 17.5 Å². The van der Waals surface area contributed by atoms with E-state index in [2.05, 4.69) is 6.58 Å². The van der Waals surface area contributed by atoms with Crippen LogP contribution in [0, 0.1) is 0 Å². The normalized spacial score (nSPS) is 14.6. The van der Waals surface area contributed by atoms with Gasteiger partial charge in [-0.25, -0.2) is 4.79 Å². The monoisotopic (exact) mass is 336 g/mol. The number of hydrogen-bond acceptors (Lipinski definition) is 6. The van der Waals surface area contributed by atoms with Crippen LogP contribution in [0.3, 0.4) is 0 Å². The molecular formula is C17H24N2O3S. The average molecular weight is 336 g/mol. The second kappa shape index (κ2) is 9.50. The van der Waals surface area contributed by atoms with Crippen molar-refractivity contribution in [3.63, 3.8) is 0 Å². The third kappa shape index (κ3) is 6.99. The van der Waals surface area contributed by atoms with Crippen molar-refractivity contribution in [1.29, 1.82) is 0 Å². The summed E-state index contributed by atoms with van der Waals surface area (Å²) in [5, 5.41) is 0. The van der Waals surface area contributed by atoms with E-state index in [0.717, 1.165) is 11.8 Å². The van der Waals surface area contributed by atoms with Crippen molar-refractivity contribution in [1.82, 2.24) is 0 Å². The fraction of sp³-hybridized carbons (Fsp3) is 0.412. The Morgan fingerprint density at radius 1 is 1.43 bits per heavy atom. The second-order valence-corrected chi connectivity index (χ2v) is 6.65. The summed E-state index contributed by atoms with van der Waals surface area (Å²) in [6.45, 7) is 5.74. The third-order valence-corrected chi connectivity index (χ3v) is 4.35. The molecule has 1 aromatic rings. The van der Waals surface area contributed by atoms with Gasteiger partial charge in [0.15, 0.2) is 0 Å². The van der Waals surface area contributed by atoms with E-state index in [0.29, 0.717) is 23.5 Å². The Kier molecular flexibility index (Phi) is 8.02. The van der Waals surface area contributed by atoms with E-state index in [4.69, 9.17) is 16.2 Å². The summed E-state index contributed by atoms with van der Waals surface area (Å²) in [6, 6.07) is 6.87. The zero-order valence-corrected chi connectivity index (χ0v) is 14.2. The molecule has 126 valence electrons. The van der Waals surface area contributed by atoms with Crippen LogP contribution in [0.4, 0.5) is 0 Å². The Morgan fingerprint density at radius 2 is 2.09 bits per heavy atom. The van der Waals surface area contributed by atoms with Crippen molar-refractivity contribution in [2.75, 3.05) is 18.1 Å². The number of ether oxygens (including phenoxy) is 1. The largest absolute Gasteiger partial charge is 0.461 e. The lowest BCUT2D eigenvalue weighted by Crippen LogP contribution is -2.48. The summed E-state index contributed by atoms with van der Waals surface area (Å²) in [5.74, 6) is 0.650. The quantitative estimate of drug-likeness (QED) is 0.385. The molecule has 1 rings (SSSR count). The molecule has 1 aromatic carbocycles. The summed E-state index contributed by atoms with van der Waals surface area (Å²) in [4.78, 5) is 22.9. The molecule has 4 N–H and O–H groups in total. The molecule has 0 aliphatic rings. The van der Waals surface area contributed by atoms with Crippen molar-refractivity contribution in [2.24, 2.45) is 11.5 Å². The molecule has 0 aliphatic heterocycles. The molecule has 0 spiro atoms. The molecule has 0 saturated heterocycles. The van der Waals surface area contributed by atoms with E-state index in [1.165, 1.54) is 11.8 Å². The number of carbonyl (C=O) groups is 2. The number of carbonyl (C=O) groups excluding carboxylic acids is 2. The van der Waals surface area contributed by atoms with E-state index < -0.39 is 5.54 Å². The Hall–Kier alpha value is -1.63. The Labute approximate surface area is 141 Å². The molecule has 0 aliphatic carbocycles. The van der Waals surface area contributed by atoms with Gasteiger partial charge in [-0.1, -0.05) is 24.8 Å². The number of aldehydes is 1. The first kappa shape index (κ1) is 19.4. The maximum absolute atomic E-state index is 11.9. The molecule has 2 atom stereocenters. The minimum absolute atomic E-state index is 0.137. The smallest absolute Gasteiger partial charge is 0.338 e. The molecule has 6 heteroatoms. The van der Waals surface area contributed by atoms with E-state index in [1.807, 2.05) is 6.92 Å². The number of esters is 1. The first-order chi connectivity index (χ1) is 10.9. The third-order valence-electron chi connectivity index (χ3n) is 3.15. The Bertz CT molecular complexity index is 531. The molecular weight excluding hydrogens is 312 g/mol. The van der Waals surface area contributed by atoms with Crippen molar-refractivity contribution in [3.05, 3.63) is 42.0 Å². The highest BCUT2D eigenvalue weighted by Gasteiger charge is 2.25. The average Bonchev–Trinajstić information content (AvgIpc) is 2.53. The van der Waals surface area contributed by atoms with Gasteiger partial charge < -0.3 is 21.0 Å². The van der Waals surface area contributed by atoms with Crippen LogP contribution >= 0.6 is 11.8 Å². The maximum atomic E-state index is 11.9. The van der Waals surface area contributed by atoms with Crippen LogP contribution in [-0.2, 0) is 9.53 Å². The minimum Gasteiger partial charge on any atom is -0.461 e. The molecule has 2 unspecified atom stereocenters. The maximum Gasteiger partial charge on any atom is 0.338 e. The van der Waals surface area contributed by atoms with E-state index in [1.54, 1.807) is 30.3 Å². The topological polar surface area (TPSA) is 95.4 Å². The fourth-order valence-corrected chi connectivity index (χ4v) is 2.95. The summed E-state index contributed by atoms with van der Waals surface area (Å²) < 4.78 is 5.19. The van der Waals surface area contributed by atoms with Crippen molar-refractivity contribution in [2.45, 2.75) is 24.9 Å². The van der Waals surface area contributed by atoms with E-state index in [-0.39, 0.29) is 18.6 Å². The SMILES string of the molecule is C=Cc1ccc(C(=O)OCCSCC(N)(C=O)CC(C)N)cc1. The standard InChI is InChI=1S/C17H24N2O3S/c1-3-14-4-6-15(7-5-14)16(21)22-8-9-23-12-17(19,11-20)10-13(2)18/h3-7,11,13H,1,8-10,12,18-19H2,2H3. The first-order valence-corrected chi connectivity index (χ1v) is 8.54. The van der Waals surface area contributed by atoms with Gasteiger partial charge in [0.05, 0.1) is 11.1 Å². The second-order valence-electron chi connectivity index (χ2n) is 5.55. The van der Waals surface area contributed by atoms with Gasteiger partial charge in [0.25, 0.3) is 0 Å². The van der Waals surface area contributed by atoms with Crippen LogP contribution in [0.25, 0.3) is 6.08 Å². The van der Waals surface area contributed by atoms with Crippen LogP contribution in [-0.4, -0.2) is 41.9 Å². The van der Waals surface area contributed by atoms with Gasteiger partial charge in [0.2, 0.25) is 0 Å². The Morgan fingerprint density at radius 3 is 2.61 bits per heavy atom. The predicted octanol–water partition coefficient (Wildman–Crippen LogP) is 1.85. The van der Waals surface area contributed by atoms with Crippen LogP contribution in [0.5, 0.6) is 0 Å². The highest BCUT2D eigenvalue weighted by Crippen LogP contribution is 2.15. The predicted molar refractivity (Wildman–Crippen MR) is 95.4 cm³/mol. The van der Waals surface area contributed by atoms with Crippen molar-refractivity contribution < 1.29 is 14.3 Å². The van der Waals surface area contributed by atoms with Gasteiger partial charge in [0.1, 0.15) is 12.9 Å². The summed E-state index contributed by atoms with van der Waals surface area (Å²) >= 11 is 1.47. The van der Waals surface area contributed by atoms with Crippen LogP contribution in [0.1, 0.15) is 29.3 Å². The number of hydrogen-bond donors (Lipinski definition) is 2. The molecule has 5 nitrogen and oxygen atoms in total. The number of thioether (sulfide) groups is 1. The van der Waals surface area contributed by atoms with E-state index in [9.17, 15) is 9.59 Å². The highest BCUT2D eigenvalue weighted by atomic mass is 32.2. The van der Waals surface area contributed by atoms with Gasteiger partial charge in [-0.05, 0) is 31.0 Å². The summed E-state index contributed by atoms with van der Waals surface area (Å²) in [7, 11) is 0. The molecule has 23 heavy (non-hydrogen) atoms. The van der Waals surface area contributed by atoms with Crippen LogP contribution in [0.2, 0.25) is 0 Å². The first-order valence-electron chi connectivity index (χ1n) is 7.38. The van der Waals surface area contributed by atoms with Gasteiger partial charge in [-0.3, -0.25) is 0 Å². The minimum atomic E-state index is -0.927. The number of rotatable bonds is 10.